The molecule has 8 nitrogen and oxygen atoms in total. The van der Waals surface area contributed by atoms with Crippen LogP contribution in [0.25, 0.3) is 0 Å². The predicted molar refractivity (Wildman–Crippen MR) is 169 cm³/mol. The molecular formula is C35H46N2O6. The van der Waals surface area contributed by atoms with Crippen LogP contribution in [0.3, 0.4) is 0 Å². The van der Waals surface area contributed by atoms with Gasteiger partial charge in [0.05, 0.1) is 21.5 Å². The fraction of sp³-hybridized carbons (Fsp3) is 0.571. The molecule has 0 radical (unpaired) electrons. The van der Waals surface area contributed by atoms with Crippen molar-refractivity contribution in [1.82, 2.24) is 0 Å². The van der Waals surface area contributed by atoms with Gasteiger partial charge in [-0.05, 0) is 85.5 Å². The van der Waals surface area contributed by atoms with Crippen molar-refractivity contribution in [1.29, 1.82) is 0 Å². The number of hydrogen-bond acceptors (Lipinski definition) is 6. The molecule has 3 saturated carbocycles. The Bertz CT molecular complexity index is 1330. The van der Waals surface area contributed by atoms with Crippen LogP contribution in [-0.2, 0) is 4.74 Å². The number of nitrogens with zero attached hydrogens (tertiary/aromatic N) is 2. The molecule has 0 aliphatic heterocycles. The van der Waals surface area contributed by atoms with E-state index in [1.54, 1.807) is 0 Å². The maximum atomic E-state index is 12.9. The summed E-state index contributed by atoms with van der Waals surface area (Å²) in [5.41, 5.74) is 2.63. The fourth-order valence-corrected chi connectivity index (χ4v) is 7.47. The van der Waals surface area contributed by atoms with Gasteiger partial charge in [0.25, 0.3) is 11.4 Å². The van der Waals surface area contributed by atoms with Crippen LogP contribution in [-0.4, -0.2) is 21.9 Å². The van der Waals surface area contributed by atoms with Crippen molar-refractivity contribution in [3.63, 3.8) is 0 Å². The average Bonchev–Trinajstić information content (AvgIpc) is 3.33. The summed E-state index contributed by atoms with van der Waals surface area (Å²) >= 11 is 0. The van der Waals surface area contributed by atoms with E-state index >= 15 is 0 Å². The summed E-state index contributed by atoms with van der Waals surface area (Å²) in [6, 6.07) is 2.88. The SMILES string of the molecule is C=C1CC[C@H](OC(=O)c2cc([N+](=O)[O-])cc([N+](=O)[O-])c2)C/C1=C/C=C1\CCC[C@@]2(C)C1CC[C@@H]2[C@H](C)/C=C/[C@H](C)C(C)C. The number of nitro groups is 2. The minimum atomic E-state index is -0.798. The van der Waals surface area contributed by atoms with Gasteiger partial charge in [-0.2, -0.15) is 0 Å². The number of esters is 1. The summed E-state index contributed by atoms with van der Waals surface area (Å²) in [6.45, 7) is 16.0. The number of carbonyl (C=O) groups is 1. The fourth-order valence-electron chi connectivity index (χ4n) is 7.47. The summed E-state index contributed by atoms with van der Waals surface area (Å²) in [4.78, 5) is 33.9. The van der Waals surface area contributed by atoms with Crippen molar-refractivity contribution in [3.05, 3.63) is 91.6 Å². The first-order chi connectivity index (χ1) is 20.3. The predicted octanol–water partition coefficient (Wildman–Crippen LogP) is 9.32. The highest BCUT2D eigenvalue weighted by atomic mass is 16.6. The Kier molecular flexibility index (Phi) is 10.1. The van der Waals surface area contributed by atoms with Crippen molar-refractivity contribution < 1.29 is 19.4 Å². The van der Waals surface area contributed by atoms with Crippen LogP contribution in [0.5, 0.6) is 0 Å². The third-order valence-corrected chi connectivity index (χ3v) is 10.4. The highest BCUT2D eigenvalue weighted by Crippen LogP contribution is 2.59. The lowest BCUT2D eigenvalue weighted by molar-refractivity contribution is -0.394. The number of rotatable bonds is 9. The Hall–Kier alpha value is -3.55. The van der Waals surface area contributed by atoms with Crippen molar-refractivity contribution >= 4 is 17.3 Å². The largest absolute Gasteiger partial charge is 0.458 e. The lowest BCUT2D eigenvalue weighted by Crippen LogP contribution is -2.35. The van der Waals surface area contributed by atoms with Gasteiger partial charge < -0.3 is 4.74 Å². The van der Waals surface area contributed by atoms with E-state index in [4.69, 9.17) is 4.74 Å². The van der Waals surface area contributed by atoms with Gasteiger partial charge in [-0.25, -0.2) is 4.79 Å². The summed E-state index contributed by atoms with van der Waals surface area (Å²) in [5.74, 6) is 2.21. The molecule has 0 amide bonds. The Balaban J connectivity index is 1.47. The van der Waals surface area contributed by atoms with E-state index < -0.39 is 33.3 Å². The van der Waals surface area contributed by atoms with E-state index in [1.165, 1.54) is 31.3 Å². The number of benzene rings is 1. The molecule has 0 bridgehead atoms. The zero-order valence-electron chi connectivity index (χ0n) is 26.2. The quantitative estimate of drug-likeness (QED) is 0.123. The van der Waals surface area contributed by atoms with Crippen molar-refractivity contribution in [3.8, 4) is 0 Å². The van der Waals surface area contributed by atoms with Crippen LogP contribution in [0.1, 0.15) is 96.3 Å². The molecular weight excluding hydrogens is 544 g/mol. The van der Waals surface area contributed by atoms with Gasteiger partial charge in [-0.3, -0.25) is 20.2 Å². The summed E-state index contributed by atoms with van der Waals surface area (Å²) in [7, 11) is 0. The van der Waals surface area contributed by atoms with Crippen LogP contribution in [0.4, 0.5) is 11.4 Å². The lowest BCUT2D eigenvalue weighted by atomic mass is 9.61. The van der Waals surface area contributed by atoms with E-state index in [2.05, 4.69) is 65.5 Å². The number of carbonyl (C=O) groups excluding carboxylic acids is 1. The minimum Gasteiger partial charge on any atom is -0.458 e. The smallest absolute Gasteiger partial charge is 0.338 e. The molecule has 1 aromatic rings. The number of hydrogen-bond donors (Lipinski definition) is 0. The van der Waals surface area contributed by atoms with E-state index in [0.29, 0.717) is 48.9 Å². The molecule has 6 atom stereocenters. The number of ether oxygens (including phenoxy) is 1. The van der Waals surface area contributed by atoms with Gasteiger partial charge in [-0.15, -0.1) is 0 Å². The first kappa shape index (κ1) is 32.4. The Labute approximate surface area is 255 Å². The van der Waals surface area contributed by atoms with Crippen LogP contribution < -0.4 is 0 Å². The van der Waals surface area contributed by atoms with Crippen molar-refractivity contribution in [2.45, 2.75) is 92.1 Å². The molecule has 0 saturated heterocycles. The molecule has 8 heteroatoms. The van der Waals surface area contributed by atoms with Gasteiger partial charge in [0.2, 0.25) is 0 Å². The van der Waals surface area contributed by atoms with Gasteiger partial charge in [0.1, 0.15) is 6.10 Å². The monoisotopic (exact) mass is 590 g/mol. The maximum absolute atomic E-state index is 12.9. The molecule has 0 aromatic heterocycles. The third-order valence-electron chi connectivity index (χ3n) is 10.4. The lowest BCUT2D eigenvalue weighted by Gasteiger charge is -2.44. The van der Waals surface area contributed by atoms with Gasteiger partial charge in [0.15, 0.2) is 0 Å². The number of non-ortho nitro benzene ring substituents is 2. The van der Waals surface area contributed by atoms with E-state index in [-0.39, 0.29) is 11.0 Å². The number of nitro benzene ring substituents is 2. The van der Waals surface area contributed by atoms with Crippen LogP contribution in [0.15, 0.2) is 65.8 Å². The first-order valence-electron chi connectivity index (χ1n) is 15.7. The molecule has 1 aromatic carbocycles. The van der Waals surface area contributed by atoms with Gasteiger partial charge in [0, 0.05) is 18.6 Å². The van der Waals surface area contributed by atoms with E-state index in [9.17, 15) is 25.0 Å². The molecule has 232 valence electrons. The summed E-state index contributed by atoms with van der Waals surface area (Å²) < 4.78 is 5.70. The van der Waals surface area contributed by atoms with E-state index in [1.807, 2.05) is 0 Å². The second-order valence-electron chi connectivity index (χ2n) is 13.5. The third kappa shape index (κ3) is 7.34. The maximum Gasteiger partial charge on any atom is 0.338 e. The number of fused-ring (bicyclic) bond motifs is 1. The van der Waals surface area contributed by atoms with Crippen LogP contribution >= 0.6 is 0 Å². The van der Waals surface area contributed by atoms with Crippen molar-refractivity contribution in [2.75, 3.05) is 0 Å². The van der Waals surface area contributed by atoms with E-state index in [0.717, 1.165) is 35.8 Å². The molecule has 0 N–H and O–H groups in total. The van der Waals surface area contributed by atoms with Crippen LogP contribution in [0, 0.1) is 55.2 Å². The molecule has 3 aliphatic carbocycles. The second kappa shape index (κ2) is 13.4. The molecule has 0 heterocycles. The molecule has 1 unspecified atom stereocenters. The molecule has 3 fully saturated rings. The second-order valence-corrected chi connectivity index (χ2v) is 13.5. The average molecular weight is 591 g/mol. The molecule has 0 spiro atoms. The van der Waals surface area contributed by atoms with Gasteiger partial charge >= 0.3 is 5.97 Å². The standard InChI is InChI=1S/C35H46N2O6/c1-22(2)23(3)9-10-25(5)32-15-16-33-26(8-7-17-35(32,33)6)12-13-27-20-31(14-11-24(27)4)43-34(38)28-18-29(36(39)40)21-30(19-28)37(41)42/h9-10,12-13,18-19,21-23,25,31-33H,4,7-8,11,14-17,20H2,1-3,5-6H3/b10-9+,26-12+,27-13-/t23-,25+,31-,32+,33?,35+/m0/s1. The zero-order valence-corrected chi connectivity index (χ0v) is 26.2. The Morgan fingerprint density at radius 2 is 1.67 bits per heavy atom. The Morgan fingerprint density at radius 1 is 1.00 bits per heavy atom. The molecule has 43 heavy (non-hydrogen) atoms. The zero-order chi connectivity index (χ0) is 31.5. The summed E-state index contributed by atoms with van der Waals surface area (Å²) in [6.07, 6.45) is 16.6. The van der Waals surface area contributed by atoms with Crippen molar-refractivity contribution in [2.24, 2.45) is 35.0 Å². The highest BCUT2D eigenvalue weighted by Gasteiger charge is 2.50. The first-order valence-corrected chi connectivity index (χ1v) is 15.7. The highest BCUT2D eigenvalue weighted by molar-refractivity contribution is 5.91. The van der Waals surface area contributed by atoms with Crippen LogP contribution in [0.2, 0.25) is 0 Å². The topological polar surface area (TPSA) is 113 Å². The Morgan fingerprint density at radius 3 is 2.30 bits per heavy atom. The minimum absolute atomic E-state index is 0.196. The number of allylic oxidation sites excluding steroid dienone is 6. The molecule has 3 aliphatic rings. The molecule has 4 rings (SSSR count). The van der Waals surface area contributed by atoms with Gasteiger partial charge in [-0.1, -0.05) is 76.6 Å². The normalized spacial score (nSPS) is 29.2. The summed E-state index contributed by atoms with van der Waals surface area (Å²) in [5, 5.41) is 22.5.